The summed E-state index contributed by atoms with van der Waals surface area (Å²) in [5.74, 6) is -0.142. The standard InChI is InChI=1S/C15H21N7O2.C13H14ClN5O2.C2H8N2/c1-15(2,24)10-4-3-5-11(20-10)19-9-8-12(18-7-6-16)21-22-13(9)14(17)23;1-13(2,21)8-4-3-5-10(17-8)16-7-6-9(14)18-19-11(7)12(15)20;3-1-2-4/h3-5,8,24H,6-7,16H2,1-2H3,(H2,17,23)(H2,18,19,20,21);3-6,21H,1-2H3,(H2,15,20)(H,16,17,18);1-4H2. The van der Waals surface area contributed by atoms with Crippen molar-refractivity contribution in [1.29, 1.82) is 0 Å². The zero-order valence-electron chi connectivity index (χ0n) is 27.6. The molecule has 49 heavy (non-hydrogen) atoms. The average molecular weight is 699 g/mol. The quantitative estimate of drug-likeness (QED) is 0.0978. The number of rotatable bonds is 12. The molecule has 0 bridgehead atoms. The molecule has 0 saturated carbocycles. The normalized spacial score (nSPS) is 10.9. The van der Waals surface area contributed by atoms with E-state index in [9.17, 15) is 19.8 Å². The van der Waals surface area contributed by atoms with Crippen LogP contribution >= 0.6 is 11.6 Å². The molecule has 18 nitrogen and oxygen atoms in total. The molecule has 0 unspecified atom stereocenters. The Labute approximate surface area is 288 Å². The van der Waals surface area contributed by atoms with Gasteiger partial charge in [0.15, 0.2) is 22.4 Å². The predicted molar refractivity (Wildman–Crippen MR) is 187 cm³/mol. The molecule has 4 aromatic rings. The van der Waals surface area contributed by atoms with Crippen molar-refractivity contribution in [2.75, 3.05) is 42.1 Å². The number of amides is 2. The molecule has 0 saturated heterocycles. The van der Waals surface area contributed by atoms with Crippen LogP contribution in [0.2, 0.25) is 5.15 Å². The van der Waals surface area contributed by atoms with Crippen molar-refractivity contribution in [1.82, 2.24) is 30.4 Å². The molecule has 0 fully saturated rings. The Balaban J connectivity index is 0.000000309. The lowest BCUT2D eigenvalue weighted by Gasteiger charge is -2.18. The van der Waals surface area contributed by atoms with E-state index in [1.165, 1.54) is 6.07 Å². The minimum Gasteiger partial charge on any atom is -0.384 e. The smallest absolute Gasteiger partial charge is 0.271 e. The molecule has 0 aliphatic carbocycles. The number of pyridine rings is 2. The summed E-state index contributed by atoms with van der Waals surface area (Å²) >= 11 is 5.77. The summed E-state index contributed by atoms with van der Waals surface area (Å²) in [6.45, 7) is 8.65. The molecule has 264 valence electrons. The lowest BCUT2D eigenvalue weighted by molar-refractivity contribution is 0.0735. The molecule has 4 heterocycles. The summed E-state index contributed by atoms with van der Waals surface area (Å²) < 4.78 is 0. The Morgan fingerprint density at radius 2 is 1.14 bits per heavy atom. The molecule has 0 aliphatic rings. The van der Waals surface area contributed by atoms with Crippen LogP contribution in [0.25, 0.3) is 0 Å². The van der Waals surface area contributed by atoms with Crippen molar-refractivity contribution in [2.24, 2.45) is 28.7 Å². The van der Waals surface area contributed by atoms with Crippen molar-refractivity contribution < 1.29 is 19.8 Å². The van der Waals surface area contributed by atoms with E-state index in [-0.39, 0.29) is 16.5 Å². The highest BCUT2D eigenvalue weighted by molar-refractivity contribution is 6.29. The van der Waals surface area contributed by atoms with Crippen LogP contribution in [0.5, 0.6) is 0 Å². The van der Waals surface area contributed by atoms with Crippen molar-refractivity contribution >= 4 is 52.2 Å². The van der Waals surface area contributed by atoms with Crippen LogP contribution in [0.1, 0.15) is 60.1 Å². The van der Waals surface area contributed by atoms with Crippen molar-refractivity contribution in [2.45, 2.75) is 38.9 Å². The third kappa shape index (κ3) is 13.1. The van der Waals surface area contributed by atoms with Gasteiger partial charge in [0.25, 0.3) is 11.8 Å². The van der Waals surface area contributed by atoms with E-state index in [1.54, 1.807) is 70.2 Å². The van der Waals surface area contributed by atoms with Gasteiger partial charge >= 0.3 is 0 Å². The number of nitrogens with zero attached hydrogens (tertiary/aromatic N) is 6. The van der Waals surface area contributed by atoms with Gasteiger partial charge in [-0.1, -0.05) is 23.7 Å². The number of carbonyl (C=O) groups excluding carboxylic acids is 2. The monoisotopic (exact) mass is 698 g/mol. The second-order valence-corrected chi connectivity index (χ2v) is 11.5. The Hall–Kier alpha value is -5.11. The van der Waals surface area contributed by atoms with Gasteiger partial charge < -0.3 is 54.8 Å². The molecule has 0 atom stereocenters. The number of aliphatic hydroxyl groups is 2. The van der Waals surface area contributed by atoms with Gasteiger partial charge in [0.1, 0.15) is 22.8 Å². The molecule has 19 heteroatoms. The average Bonchev–Trinajstić information content (AvgIpc) is 3.03. The SMILES string of the molecule is CC(C)(O)c1cccc(Nc2cc(Cl)nnc2C(N)=O)n1.CC(C)(O)c1cccc(Nc2cc(NCCN)nnc2C(N)=O)n1.NCCN. The van der Waals surface area contributed by atoms with Gasteiger partial charge in [0.05, 0.1) is 22.8 Å². The maximum atomic E-state index is 11.5. The number of hydrogen-bond acceptors (Lipinski definition) is 16. The first kappa shape index (κ1) is 40.1. The number of carbonyl (C=O) groups is 2. The largest absolute Gasteiger partial charge is 0.384 e. The van der Waals surface area contributed by atoms with E-state index in [0.29, 0.717) is 66.4 Å². The topological polar surface area (TPSA) is 318 Å². The number of nitrogens with two attached hydrogens (primary N) is 5. The summed E-state index contributed by atoms with van der Waals surface area (Å²) in [4.78, 5) is 31.5. The van der Waals surface area contributed by atoms with Crippen molar-refractivity contribution in [3.05, 3.63) is 76.5 Å². The highest BCUT2D eigenvalue weighted by Crippen LogP contribution is 2.25. The number of aromatic nitrogens is 6. The highest BCUT2D eigenvalue weighted by Gasteiger charge is 2.20. The number of primary amides is 2. The zero-order valence-corrected chi connectivity index (χ0v) is 28.4. The molecular formula is C30H43ClN14O4. The number of nitrogens with one attached hydrogen (secondary N) is 3. The third-order valence-electron chi connectivity index (χ3n) is 5.92. The van der Waals surface area contributed by atoms with Gasteiger partial charge in [0.2, 0.25) is 0 Å². The van der Waals surface area contributed by atoms with Crippen LogP contribution in [0.4, 0.5) is 28.8 Å². The summed E-state index contributed by atoms with van der Waals surface area (Å²) in [5.41, 5.74) is 25.2. The van der Waals surface area contributed by atoms with Gasteiger partial charge in [-0.25, -0.2) is 9.97 Å². The van der Waals surface area contributed by atoms with Gasteiger partial charge in [-0.2, -0.15) is 0 Å². The van der Waals surface area contributed by atoms with Crippen LogP contribution in [-0.2, 0) is 11.2 Å². The van der Waals surface area contributed by atoms with Crippen molar-refractivity contribution in [3.8, 4) is 0 Å². The molecule has 4 aromatic heterocycles. The van der Waals surface area contributed by atoms with Crippen LogP contribution < -0.4 is 44.6 Å². The highest BCUT2D eigenvalue weighted by atomic mass is 35.5. The molecule has 4 rings (SSSR count). The zero-order chi connectivity index (χ0) is 36.8. The first-order valence-corrected chi connectivity index (χ1v) is 15.2. The predicted octanol–water partition coefficient (Wildman–Crippen LogP) is 0.811. The van der Waals surface area contributed by atoms with E-state index in [1.807, 2.05) is 0 Å². The van der Waals surface area contributed by atoms with E-state index in [2.05, 4.69) is 46.3 Å². The third-order valence-corrected chi connectivity index (χ3v) is 6.10. The lowest BCUT2D eigenvalue weighted by Crippen LogP contribution is -2.20. The van der Waals surface area contributed by atoms with Crippen LogP contribution in [0, 0.1) is 0 Å². The minimum atomic E-state index is -1.09. The Bertz CT molecular complexity index is 1690. The lowest BCUT2D eigenvalue weighted by atomic mass is 10.1. The molecule has 0 spiro atoms. The molecule has 15 N–H and O–H groups in total. The van der Waals surface area contributed by atoms with E-state index in [4.69, 9.17) is 40.3 Å². The van der Waals surface area contributed by atoms with E-state index in [0.717, 1.165) is 0 Å². The van der Waals surface area contributed by atoms with E-state index < -0.39 is 23.0 Å². The number of hydrogen-bond donors (Lipinski definition) is 10. The fraction of sp³-hybridized carbons (Fsp3) is 0.333. The Morgan fingerprint density at radius 1 is 0.694 bits per heavy atom. The molecular weight excluding hydrogens is 656 g/mol. The first-order valence-electron chi connectivity index (χ1n) is 14.8. The summed E-state index contributed by atoms with van der Waals surface area (Å²) in [7, 11) is 0. The van der Waals surface area contributed by atoms with Gasteiger partial charge in [0, 0.05) is 38.3 Å². The van der Waals surface area contributed by atoms with Gasteiger partial charge in [-0.3, -0.25) is 9.59 Å². The molecule has 2 amide bonds. The molecule has 0 aliphatic heterocycles. The maximum Gasteiger partial charge on any atom is 0.271 e. The van der Waals surface area contributed by atoms with Gasteiger partial charge in [-0.05, 0) is 52.0 Å². The maximum absolute atomic E-state index is 11.5. The minimum absolute atomic E-state index is 0.0104. The molecule has 0 radical (unpaired) electrons. The Morgan fingerprint density at radius 3 is 1.55 bits per heavy atom. The van der Waals surface area contributed by atoms with Crippen LogP contribution in [0.3, 0.4) is 0 Å². The van der Waals surface area contributed by atoms with Crippen molar-refractivity contribution in [3.63, 3.8) is 0 Å². The van der Waals surface area contributed by atoms with Gasteiger partial charge in [-0.15, -0.1) is 20.4 Å². The summed E-state index contributed by atoms with van der Waals surface area (Å²) in [6, 6.07) is 13.3. The first-order chi connectivity index (χ1) is 23.0. The Kier molecular flexibility index (Phi) is 15.1. The number of halogens is 1. The van der Waals surface area contributed by atoms with Crippen LogP contribution in [0.15, 0.2) is 48.5 Å². The number of anilines is 5. The van der Waals surface area contributed by atoms with E-state index >= 15 is 0 Å². The fourth-order valence-corrected chi connectivity index (χ4v) is 3.71. The second-order valence-electron chi connectivity index (χ2n) is 11.1. The fourth-order valence-electron chi connectivity index (χ4n) is 3.57. The summed E-state index contributed by atoms with van der Waals surface area (Å²) in [5, 5.41) is 43.9. The summed E-state index contributed by atoms with van der Waals surface area (Å²) in [6.07, 6.45) is 0. The molecule has 0 aromatic carbocycles. The second kappa shape index (κ2) is 18.4. The van der Waals surface area contributed by atoms with Crippen LogP contribution in [-0.4, -0.2) is 78.6 Å².